The maximum atomic E-state index is 12.3. The number of hydrogen-bond donors (Lipinski definition) is 2. The fourth-order valence-electron chi connectivity index (χ4n) is 2.50. The van der Waals surface area contributed by atoms with Gasteiger partial charge in [0.15, 0.2) is 0 Å². The maximum absolute atomic E-state index is 12.3. The molecular formula is C20H20N4O. The Morgan fingerprint density at radius 2 is 1.92 bits per heavy atom. The van der Waals surface area contributed by atoms with Gasteiger partial charge in [0.05, 0.1) is 0 Å². The van der Waals surface area contributed by atoms with Gasteiger partial charge in [0.25, 0.3) is 5.91 Å². The summed E-state index contributed by atoms with van der Waals surface area (Å²) in [7, 11) is 0. The van der Waals surface area contributed by atoms with Crippen LogP contribution in [0.15, 0.2) is 73.2 Å². The van der Waals surface area contributed by atoms with Gasteiger partial charge < -0.3 is 10.6 Å². The lowest BCUT2D eigenvalue weighted by molar-refractivity contribution is 0.0946. The first-order valence-electron chi connectivity index (χ1n) is 8.17. The van der Waals surface area contributed by atoms with Crippen LogP contribution in [-0.4, -0.2) is 15.9 Å². The molecule has 1 aromatic carbocycles. The van der Waals surface area contributed by atoms with E-state index in [1.54, 1.807) is 24.7 Å². The number of nitrogens with one attached hydrogen (secondary N) is 2. The Kier molecular flexibility index (Phi) is 5.36. The predicted molar refractivity (Wildman–Crippen MR) is 98.1 cm³/mol. The number of rotatable bonds is 6. The average Bonchev–Trinajstić information content (AvgIpc) is 2.68. The molecule has 5 nitrogen and oxygen atoms in total. The van der Waals surface area contributed by atoms with E-state index < -0.39 is 0 Å². The molecule has 1 unspecified atom stereocenters. The molecule has 0 saturated heterocycles. The van der Waals surface area contributed by atoms with Gasteiger partial charge in [-0.25, -0.2) is 0 Å². The highest BCUT2D eigenvalue weighted by Gasteiger charge is 2.10. The smallest absolute Gasteiger partial charge is 0.270 e. The SMILES string of the molecule is CC(Nc1ccnc(C(=O)NCc2cccnc2)c1)c1ccccc1. The van der Waals surface area contributed by atoms with Crippen molar-refractivity contribution in [2.45, 2.75) is 19.5 Å². The molecule has 2 aromatic heterocycles. The molecule has 0 aliphatic heterocycles. The van der Waals surface area contributed by atoms with Gasteiger partial charge in [-0.2, -0.15) is 0 Å². The van der Waals surface area contributed by atoms with E-state index in [1.165, 1.54) is 5.56 Å². The first kappa shape index (κ1) is 16.6. The Balaban J connectivity index is 1.63. The molecule has 3 aromatic rings. The molecule has 1 amide bonds. The van der Waals surface area contributed by atoms with Crippen molar-refractivity contribution in [1.29, 1.82) is 0 Å². The molecule has 5 heteroatoms. The Labute approximate surface area is 147 Å². The van der Waals surface area contributed by atoms with Crippen LogP contribution in [0.1, 0.15) is 34.6 Å². The monoisotopic (exact) mass is 332 g/mol. The normalized spacial score (nSPS) is 11.6. The molecule has 0 aliphatic rings. The van der Waals surface area contributed by atoms with Gasteiger partial charge >= 0.3 is 0 Å². The number of anilines is 1. The van der Waals surface area contributed by atoms with E-state index >= 15 is 0 Å². The Hall–Kier alpha value is -3.21. The van der Waals surface area contributed by atoms with E-state index in [0.717, 1.165) is 11.3 Å². The standard InChI is InChI=1S/C20H20N4O/c1-15(17-7-3-2-4-8-17)24-18-9-11-22-19(12-18)20(25)23-14-16-6-5-10-21-13-16/h2-13,15H,14H2,1H3,(H,22,24)(H,23,25). The van der Waals surface area contributed by atoms with Gasteiger partial charge in [-0.1, -0.05) is 36.4 Å². The Morgan fingerprint density at radius 1 is 1.08 bits per heavy atom. The van der Waals surface area contributed by atoms with Crippen LogP contribution in [0.3, 0.4) is 0 Å². The van der Waals surface area contributed by atoms with E-state index in [1.807, 2.05) is 36.4 Å². The molecule has 25 heavy (non-hydrogen) atoms. The van der Waals surface area contributed by atoms with Gasteiger partial charge in [0, 0.05) is 36.9 Å². The zero-order chi connectivity index (χ0) is 17.5. The zero-order valence-corrected chi connectivity index (χ0v) is 14.0. The van der Waals surface area contributed by atoms with Crippen LogP contribution in [0.4, 0.5) is 5.69 Å². The quantitative estimate of drug-likeness (QED) is 0.724. The van der Waals surface area contributed by atoms with Crippen molar-refractivity contribution in [3.05, 3.63) is 90.0 Å². The molecule has 126 valence electrons. The number of carbonyl (C=O) groups excluding carboxylic acids is 1. The summed E-state index contributed by atoms with van der Waals surface area (Å²) in [5.74, 6) is -0.208. The van der Waals surface area contributed by atoms with Gasteiger partial charge in [0.1, 0.15) is 5.69 Å². The van der Waals surface area contributed by atoms with E-state index in [0.29, 0.717) is 12.2 Å². The van der Waals surface area contributed by atoms with Crippen molar-refractivity contribution in [3.63, 3.8) is 0 Å². The fraction of sp³-hybridized carbons (Fsp3) is 0.150. The van der Waals surface area contributed by atoms with Crippen molar-refractivity contribution < 1.29 is 4.79 Å². The molecule has 0 aliphatic carbocycles. The highest BCUT2D eigenvalue weighted by molar-refractivity contribution is 5.93. The van der Waals surface area contributed by atoms with Crippen LogP contribution < -0.4 is 10.6 Å². The minimum Gasteiger partial charge on any atom is -0.378 e. The highest BCUT2D eigenvalue weighted by atomic mass is 16.1. The summed E-state index contributed by atoms with van der Waals surface area (Å²) >= 11 is 0. The minimum absolute atomic E-state index is 0.134. The molecule has 0 fully saturated rings. The Bertz CT molecular complexity index is 821. The maximum Gasteiger partial charge on any atom is 0.270 e. The van der Waals surface area contributed by atoms with Crippen LogP contribution in [0.25, 0.3) is 0 Å². The lowest BCUT2D eigenvalue weighted by Gasteiger charge is -2.16. The minimum atomic E-state index is -0.208. The molecule has 2 heterocycles. The van der Waals surface area contributed by atoms with Crippen molar-refractivity contribution >= 4 is 11.6 Å². The summed E-state index contributed by atoms with van der Waals surface area (Å²) in [6.07, 6.45) is 5.07. The molecule has 0 spiro atoms. The molecule has 3 rings (SSSR count). The van der Waals surface area contributed by atoms with E-state index in [9.17, 15) is 4.79 Å². The van der Waals surface area contributed by atoms with Crippen LogP contribution in [0.5, 0.6) is 0 Å². The summed E-state index contributed by atoms with van der Waals surface area (Å²) in [6.45, 7) is 2.50. The van der Waals surface area contributed by atoms with Crippen molar-refractivity contribution in [3.8, 4) is 0 Å². The second-order valence-electron chi connectivity index (χ2n) is 5.75. The molecule has 0 bridgehead atoms. The number of pyridine rings is 2. The van der Waals surface area contributed by atoms with Gasteiger partial charge in [0.2, 0.25) is 0 Å². The van der Waals surface area contributed by atoms with Gasteiger partial charge in [-0.05, 0) is 36.2 Å². The van der Waals surface area contributed by atoms with Crippen LogP contribution >= 0.6 is 0 Å². The number of hydrogen-bond acceptors (Lipinski definition) is 4. The fourth-order valence-corrected chi connectivity index (χ4v) is 2.50. The first-order valence-corrected chi connectivity index (χ1v) is 8.17. The summed E-state index contributed by atoms with van der Waals surface area (Å²) < 4.78 is 0. The van der Waals surface area contributed by atoms with Gasteiger partial charge in [-0.15, -0.1) is 0 Å². The van der Waals surface area contributed by atoms with Crippen LogP contribution in [-0.2, 0) is 6.54 Å². The molecule has 2 N–H and O–H groups in total. The number of carbonyl (C=O) groups is 1. The largest absolute Gasteiger partial charge is 0.378 e. The first-order chi connectivity index (χ1) is 12.2. The lowest BCUT2D eigenvalue weighted by Crippen LogP contribution is -2.24. The zero-order valence-electron chi connectivity index (χ0n) is 14.0. The van der Waals surface area contributed by atoms with Crippen LogP contribution in [0, 0.1) is 0 Å². The Morgan fingerprint density at radius 3 is 2.68 bits per heavy atom. The number of nitrogens with zero attached hydrogens (tertiary/aromatic N) is 2. The average molecular weight is 332 g/mol. The third-order valence-electron chi connectivity index (χ3n) is 3.85. The van der Waals surface area contributed by atoms with E-state index in [2.05, 4.69) is 39.7 Å². The van der Waals surface area contributed by atoms with E-state index in [4.69, 9.17) is 0 Å². The van der Waals surface area contributed by atoms with Crippen molar-refractivity contribution in [2.75, 3.05) is 5.32 Å². The summed E-state index contributed by atoms with van der Waals surface area (Å²) in [4.78, 5) is 20.5. The molecule has 0 saturated carbocycles. The third-order valence-corrected chi connectivity index (χ3v) is 3.85. The topological polar surface area (TPSA) is 66.9 Å². The summed E-state index contributed by atoms with van der Waals surface area (Å²) in [6, 6.07) is 17.7. The summed E-state index contributed by atoms with van der Waals surface area (Å²) in [5, 5.41) is 6.26. The second kappa shape index (κ2) is 8.06. The molecule has 1 atom stereocenters. The molecular weight excluding hydrogens is 312 g/mol. The number of benzene rings is 1. The second-order valence-corrected chi connectivity index (χ2v) is 5.75. The number of aromatic nitrogens is 2. The number of amides is 1. The summed E-state index contributed by atoms with van der Waals surface area (Å²) in [5.41, 5.74) is 3.37. The van der Waals surface area contributed by atoms with Gasteiger partial charge in [-0.3, -0.25) is 14.8 Å². The lowest BCUT2D eigenvalue weighted by atomic mass is 10.1. The van der Waals surface area contributed by atoms with Crippen molar-refractivity contribution in [1.82, 2.24) is 15.3 Å². The highest BCUT2D eigenvalue weighted by Crippen LogP contribution is 2.19. The van der Waals surface area contributed by atoms with Crippen molar-refractivity contribution in [2.24, 2.45) is 0 Å². The van der Waals surface area contributed by atoms with E-state index in [-0.39, 0.29) is 11.9 Å². The predicted octanol–water partition coefficient (Wildman–Crippen LogP) is 3.58. The molecule has 0 radical (unpaired) electrons. The van der Waals surface area contributed by atoms with Crippen LogP contribution in [0.2, 0.25) is 0 Å². The third kappa shape index (κ3) is 4.64.